The summed E-state index contributed by atoms with van der Waals surface area (Å²) < 4.78 is 43.4. The normalized spacial score (nSPS) is 11.3. The number of hydrogen-bond acceptors (Lipinski definition) is 4. The van der Waals surface area contributed by atoms with E-state index >= 15 is 0 Å². The lowest BCUT2D eigenvalue weighted by atomic mass is 10.3. The highest BCUT2D eigenvalue weighted by Crippen LogP contribution is 2.33. The number of hydrogen-bond donors (Lipinski definition) is 1. The van der Waals surface area contributed by atoms with Crippen molar-refractivity contribution >= 4 is 29.2 Å². The van der Waals surface area contributed by atoms with Gasteiger partial charge in [-0.25, -0.2) is 4.98 Å². The quantitative estimate of drug-likeness (QED) is 0.886. The van der Waals surface area contributed by atoms with Crippen molar-refractivity contribution in [1.29, 1.82) is 0 Å². The predicted octanol–water partition coefficient (Wildman–Crippen LogP) is 4.64. The van der Waals surface area contributed by atoms with Crippen LogP contribution in [-0.4, -0.2) is 17.0 Å². The summed E-state index contributed by atoms with van der Waals surface area (Å²) >= 11 is 11.5. The first-order valence-corrected chi connectivity index (χ1v) is 6.32. The van der Waals surface area contributed by atoms with Gasteiger partial charge >= 0.3 is 6.18 Å². The smallest absolute Gasteiger partial charge is 0.433 e. The van der Waals surface area contributed by atoms with E-state index in [-0.39, 0.29) is 22.6 Å². The molecule has 0 unspecified atom stereocenters. The van der Waals surface area contributed by atoms with Crippen molar-refractivity contribution in [3.05, 3.63) is 40.0 Å². The van der Waals surface area contributed by atoms with Gasteiger partial charge in [0.05, 0.1) is 10.0 Å². The minimum atomic E-state index is -4.61. The molecule has 0 aliphatic rings. The van der Waals surface area contributed by atoms with Gasteiger partial charge in [-0.2, -0.15) is 18.2 Å². The molecule has 0 amide bonds. The van der Waals surface area contributed by atoms with Gasteiger partial charge in [-0.1, -0.05) is 23.2 Å². The Hall–Kier alpha value is -1.73. The molecule has 0 radical (unpaired) electrons. The highest BCUT2D eigenvalue weighted by atomic mass is 35.5. The average molecular weight is 338 g/mol. The van der Waals surface area contributed by atoms with E-state index in [1.165, 1.54) is 25.2 Å². The monoisotopic (exact) mass is 337 g/mol. The molecule has 2 aromatic rings. The SMILES string of the molecule is CNc1nc(Oc2ccc(Cl)c(Cl)c2)cc(C(F)(F)F)n1. The highest BCUT2D eigenvalue weighted by Gasteiger charge is 2.34. The van der Waals surface area contributed by atoms with Gasteiger partial charge in [0.2, 0.25) is 11.8 Å². The van der Waals surface area contributed by atoms with E-state index in [0.717, 1.165) is 0 Å². The maximum atomic E-state index is 12.7. The van der Waals surface area contributed by atoms with E-state index in [1.54, 1.807) is 0 Å². The van der Waals surface area contributed by atoms with Gasteiger partial charge in [-0.05, 0) is 12.1 Å². The minimum Gasteiger partial charge on any atom is -0.439 e. The second-order valence-electron chi connectivity index (χ2n) is 3.84. The zero-order valence-electron chi connectivity index (χ0n) is 10.5. The third-order valence-corrected chi connectivity index (χ3v) is 3.07. The molecule has 1 aromatic carbocycles. The predicted molar refractivity (Wildman–Crippen MR) is 73.1 cm³/mol. The summed E-state index contributed by atoms with van der Waals surface area (Å²) in [5.74, 6) is -0.266. The third kappa shape index (κ3) is 3.89. The zero-order valence-corrected chi connectivity index (χ0v) is 12.0. The minimum absolute atomic E-state index is 0.207. The largest absolute Gasteiger partial charge is 0.439 e. The van der Waals surface area contributed by atoms with Crippen LogP contribution >= 0.6 is 23.2 Å². The molecule has 0 saturated carbocycles. The van der Waals surface area contributed by atoms with Crippen LogP contribution in [-0.2, 0) is 6.18 Å². The number of rotatable bonds is 3. The summed E-state index contributed by atoms with van der Waals surface area (Å²) in [6, 6.07) is 4.99. The van der Waals surface area contributed by atoms with Crippen LogP contribution in [0.2, 0.25) is 10.0 Å². The van der Waals surface area contributed by atoms with Crippen LogP contribution in [0.5, 0.6) is 11.6 Å². The van der Waals surface area contributed by atoms with Crippen molar-refractivity contribution in [3.63, 3.8) is 0 Å². The topological polar surface area (TPSA) is 47.0 Å². The first-order valence-electron chi connectivity index (χ1n) is 5.56. The van der Waals surface area contributed by atoms with Crippen molar-refractivity contribution in [3.8, 4) is 11.6 Å². The lowest BCUT2D eigenvalue weighted by molar-refractivity contribution is -0.141. The fourth-order valence-electron chi connectivity index (χ4n) is 1.40. The summed E-state index contributed by atoms with van der Waals surface area (Å²) in [5, 5.41) is 2.96. The lowest BCUT2D eigenvalue weighted by Crippen LogP contribution is -2.11. The fourth-order valence-corrected chi connectivity index (χ4v) is 1.68. The molecule has 4 nitrogen and oxygen atoms in total. The fraction of sp³-hybridized carbons (Fsp3) is 0.167. The Morgan fingerprint density at radius 1 is 1.10 bits per heavy atom. The first-order chi connectivity index (χ1) is 9.79. The Bertz CT molecular complexity index is 665. The second-order valence-corrected chi connectivity index (χ2v) is 4.66. The van der Waals surface area contributed by atoms with Gasteiger partial charge in [0.25, 0.3) is 0 Å². The highest BCUT2D eigenvalue weighted by molar-refractivity contribution is 6.42. The van der Waals surface area contributed by atoms with Crippen LogP contribution < -0.4 is 10.1 Å². The molecule has 0 bridgehead atoms. The van der Waals surface area contributed by atoms with Crippen molar-refractivity contribution in [2.45, 2.75) is 6.18 Å². The maximum Gasteiger partial charge on any atom is 0.433 e. The Labute approximate surface area is 127 Å². The maximum absolute atomic E-state index is 12.7. The molecule has 1 N–H and O–H groups in total. The third-order valence-electron chi connectivity index (χ3n) is 2.33. The van der Waals surface area contributed by atoms with Gasteiger partial charge in [-0.15, -0.1) is 0 Å². The number of alkyl halides is 3. The molecule has 0 aliphatic carbocycles. The summed E-state index contributed by atoms with van der Waals surface area (Å²) in [6.07, 6.45) is -4.61. The molecule has 0 fully saturated rings. The molecule has 1 heterocycles. The van der Waals surface area contributed by atoms with Crippen molar-refractivity contribution in [2.24, 2.45) is 0 Å². The van der Waals surface area contributed by atoms with Crippen LogP contribution in [0.4, 0.5) is 19.1 Å². The van der Waals surface area contributed by atoms with Gasteiger partial charge in [0, 0.05) is 19.2 Å². The van der Waals surface area contributed by atoms with E-state index in [0.29, 0.717) is 11.1 Å². The van der Waals surface area contributed by atoms with E-state index < -0.39 is 11.9 Å². The molecule has 9 heteroatoms. The molecular formula is C12H8Cl2F3N3O. The van der Waals surface area contributed by atoms with Crippen molar-refractivity contribution < 1.29 is 17.9 Å². The average Bonchev–Trinajstić information content (AvgIpc) is 2.41. The first kappa shape index (κ1) is 15.7. The number of nitrogens with one attached hydrogen (secondary N) is 1. The van der Waals surface area contributed by atoms with E-state index in [4.69, 9.17) is 27.9 Å². The Morgan fingerprint density at radius 3 is 2.38 bits per heavy atom. The summed E-state index contributed by atoms with van der Waals surface area (Å²) in [4.78, 5) is 7.11. The molecule has 0 atom stereocenters. The van der Waals surface area contributed by atoms with Crippen LogP contribution in [0.1, 0.15) is 5.69 Å². The van der Waals surface area contributed by atoms with Gasteiger partial charge < -0.3 is 10.1 Å². The lowest BCUT2D eigenvalue weighted by Gasteiger charge is -2.11. The molecule has 112 valence electrons. The zero-order chi connectivity index (χ0) is 15.6. The van der Waals surface area contributed by atoms with Crippen LogP contribution in [0.25, 0.3) is 0 Å². The van der Waals surface area contributed by atoms with E-state index in [1.807, 2.05) is 0 Å². The van der Waals surface area contributed by atoms with Gasteiger partial charge in [-0.3, -0.25) is 0 Å². The number of nitrogens with zero attached hydrogens (tertiary/aromatic N) is 2. The molecule has 2 rings (SSSR count). The molecule has 0 spiro atoms. The number of anilines is 1. The number of halogens is 5. The van der Waals surface area contributed by atoms with Crippen molar-refractivity contribution in [2.75, 3.05) is 12.4 Å². The summed E-state index contributed by atoms with van der Waals surface area (Å²) in [6.45, 7) is 0. The van der Waals surface area contributed by atoms with Crippen LogP contribution in [0.15, 0.2) is 24.3 Å². The Morgan fingerprint density at radius 2 is 1.81 bits per heavy atom. The Balaban J connectivity index is 2.36. The van der Waals surface area contributed by atoms with Crippen molar-refractivity contribution in [1.82, 2.24) is 9.97 Å². The molecule has 0 saturated heterocycles. The van der Waals surface area contributed by atoms with E-state index in [9.17, 15) is 13.2 Å². The van der Waals surface area contributed by atoms with Crippen LogP contribution in [0.3, 0.4) is 0 Å². The second kappa shape index (κ2) is 5.95. The molecule has 1 aromatic heterocycles. The standard InChI is InChI=1S/C12H8Cl2F3N3O/c1-18-11-19-9(12(15,16)17)5-10(20-11)21-6-2-3-7(13)8(14)4-6/h2-5H,1H3,(H,18,19,20). The van der Waals surface area contributed by atoms with E-state index in [2.05, 4.69) is 15.3 Å². The summed E-state index contributed by atoms with van der Waals surface area (Å²) in [5.41, 5.74) is -1.11. The Kier molecular flexibility index (Phi) is 4.43. The number of aromatic nitrogens is 2. The molecule has 21 heavy (non-hydrogen) atoms. The van der Waals surface area contributed by atoms with Gasteiger partial charge in [0.15, 0.2) is 5.69 Å². The molecule has 0 aliphatic heterocycles. The molecular weight excluding hydrogens is 330 g/mol. The van der Waals surface area contributed by atoms with Gasteiger partial charge in [0.1, 0.15) is 5.75 Å². The number of ether oxygens (including phenoxy) is 1. The number of benzene rings is 1. The summed E-state index contributed by atoms with van der Waals surface area (Å²) in [7, 11) is 1.40. The van der Waals surface area contributed by atoms with Crippen LogP contribution in [0, 0.1) is 0 Å².